The van der Waals surface area contributed by atoms with E-state index in [9.17, 15) is 13.2 Å². The molecule has 1 saturated heterocycles. The first-order valence-corrected chi connectivity index (χ1v) is 8.04. The number of benzene rings is 1. The van der Waals surface area contributed by atoms with Crippen molar-refractivity contribution >= 4 is 27.6 Å². The van der Waals surface area contributed by atoms with Gasteiger partial charge in [0.25, 0.3) is 0 Å². The second kappa shape index (κ2) is 5.35. The highest BCUT2D eigenvalue weighted by molar-refractivity contribution is 7.89. The molecule has 20 heavy (non-hydrogen) atoms. The first kappa shape index (κ1) is 15.3. The average Bonchev–Trinajstić information content (AvgIpc) is 2.71. The highest BCUT2D eigenvalue weighted by Crippen LogP contribution is 2.30. The second-order valence-corrected chi connectivity index (χ2v) is 7.50. The smallest absolute Gasteiger partial charge is 0.308 e. The average molecular weight is 318 g/mol. The van der Waals surface area contributed by atoms with Gasteiger partial charge in [0.1, 0.15) is 0 Å². The minimum absolute atomic E-state index is 0.0148. The summed E-state index contributed by atoms with van der Waals surface area (Å²) in [5.74, 6) is -1.81. The number of rotatable bonds is 3. The van der Waals surface area contributed by atoms with E-state index in [4.69, 9.17) is 16.7 Å². The molecular weight excluding hydrogens is 302 g/mol. The highest BCUT2D eigenvalue weighted by Gasteiger charge is 2.41. The molecular formula is C13H16ClNO4S. The van der Waals surface area contributed by atoms with Crippen molar-refractivity contribution in [2.24, 2.45) is 11.8 Å². The van der Waals surface area contributed by atoms with Crippen molar-refractivity contribution in [1.82, 2.24) is 4.31 Å². The zero-order valence-electron chi connectivity index (χ0n) is 11.2. The molecule has 1 aliphatic heterocycles. The monoisotopic (exact) mass is 317 g/mol. The molecule has 0 aliphatic carbocycles. The molecule has 1 aliphatic rings. The van der Waals surface area contributed by atoms with Gasteiger partial charge in [-0.1, -0.05) is 18.5 Å². The van der Waals surface area contributed by atoms with E-state index in [1.807, 2.05) is 0 Å². The fraction of sp³-hybridized carbons (Fsp3) is 0.462. The van der Waals surface area contributed by atoms with Gasteiger partial charge in [-0.3, -0.25) is 4.79 Å². The Morgan fingerprint density at radius 3 is 2.55 bits per heavy atom. The Labute approximate surface area is 123 Å². The molecule has 0 spiro atoms. The third-order valence-electron chi connectivity index (χ3n) is 3.65. The topological polar surface area (TPSA) is 74.7 Å². The molecule has 5 nitrogen and oxygen atoms in total. The Kier molecular flexibility index (Phi) is 4.09. The van der Waals surface area contributed by atoms with Crippen LogP contribution in [-0.2, 0) is 14.8 Å². The molecule has 1 N–H and O–H groups in total. The molecule has 0 radical (unpaired) electrons. The number of sulfonamides is 1. The maximum absolute atomic E-state index is 12.6. The molecule has 2 rings (SSSR count). The highest BCUT2D eigenvalue weighted by atomic mass is 35.5. The minimum Gasteiger partial charge on any atom is -0.481 e. The van der Waals surface area contributed by atoms with E-state index in [1.54, 1.807) is 19.9 Å². The summed E-state index contributed by atoms with van der Waals surface area (Å²) in [7, 11) is -3.67. The van der Waals surface area contributed by atoms with Crippen LogP contribution in [0.15, 0.2) is 23.1 Å². The molecule has 110 valence electrons. The number of hydrogen-bond donors (Lipinski definition) is 1. The lowest BCUT2D eigenvalue weighted by Crippen LogP contribution is -2.30. The van der Waals surface area contributed by atoms with Crippen molar-refractivity contribution in [3.05, 3.63) is 28.8 Å². The van der Waals surface area contributed by atoms with Gasteiger partial charge >= 0.3 is 5.97 Å². The minimum atomic E-state index is -3.67. The van der Waals surface area contributed by atoms with E-state index in [-0.39, 0.29) is 23.9 Å². The van der Waals surface area contributed by atoms with Crippen molar-refractivity contribution in [2.75, 3.05) is 13.1 Å². The van der Waals surface area contributed by atoms with Crippen LogP contribution >= 0.6 is 11.6 Å². The van der Waals surface area contributed by atoms with Crippen molar-refractivity contribution < 1.29 is 18.3 Å². The Hall–Kier alpha value is -1.11. The normalized spacial score (nSPS) is 23.9. The standard InChI is InChI=1S/C13H16ClNO4S/c1-8-5-10(14)3-4-12(8)20(18,19)15-6-9(2)11(7-15)13(16)17/h3-5,9,11H,6-7H2,1-2H3,(H,16,17). The van der Waals surface area contributed by atoms with Gasteiger partial charge in [0.05, 0.1) is 10.8 Å². The van der Waals surface area contributed by atoms with Crippen LogP contribution in [-0.4, -0.2) is 36.9 Å². The van der Waals surface area contributed by atoms with E-state index in [2.05, 4.69) is 0 Å². The molecule has 0 aromatic heterocycles. The zero-order chi connectivity index (χ0) is 15.1. The van der Waals surface area contributed by atoms with Gasteiger partial charge in [-0.2, -0.15) is 4.31 Å². The number of hydrogen-bond acceptors (Lipinski definition) is 3. The number of halogens is 1. The van der Waals surface area contributed by atoms with Gasteiger partial charge in [0, 0.05) is 18.1 Å². The number of carboxylic acids is 1. The van der Waals surface area contributed by atoms with Crippen LogP contribution in [0, 0.1) is 18.8 Å². The summed E-state index contributed by atoms with van der Waals surface area (Å²) in [6.45, 7) is 3.66. The first-order valence-electron chi connectivity index (χ1n) is 6.22. The first-order chi connectivity index (χ1) is 9.23. The van der Waals surface area contributed by atoms with Crippen LogP contribution in [0.1, 0.15) is 12.5 Å². The van der Waals surface area contributed by atoms with Crippen LogP contribution < -0.4 is 0 Å². The van der Waals surface area contributed by atoms with E-state index >= 15 is 0 Å². The SMILES string of the molecule is Cc1cc(Cl)ccc1S(=O)(=O)N1CC(C)C(C(=O)O)C1. The van der Waals surface area contributed by atoms with Gasteiger partial charge in [-0.15, -0.1) is 0 Å². The Balaban J connectivity index is 2.35. The van der Waals surface area contributed by atoms with Gasteiger partial charge in [0.15, 0.2) is 0 Å². The van der Waals surface area contributed by atoms with E-state index in [0.717, 1.165) is 0 Å². The molecule has 0 saturated carbocycles. The third kappa shape index (κ3) is 2.68. The number of carbonyl (C=O) groups is 1. The maximum Gasteiger partial charge on any atom is 0.308 e. The van der Waals surface area contributed by atoms with Crippen molar-refractivity contribution in [2.45, 2.75) is 18.7 Å². The largest absolute Gasteiger partial charge is 0.481 e. The third-order valence-corrected chi connectivity index (χ3v) is 5.88. The van der Waals surface area contributed by atoms with Crippen LogP contribution in [0.2, 0.25) is 5.02 Å². The summed E-state index contributed by atoms with van der Waals surface area (Å²) in [6.07, 6.45) is 0. The zero-order valence-corrected chi connectivity index (χ0v) is 12.8. The fourth-order valence-electron chi connectivity index (χ4n) is 2.48. The molecule has 0 amide bonds. The Bertz CT molecular complexity index is 644. The molecule has 1 heterocycles. The summed E-state index contributed by atoms with van der Waals surface area (Å²) < 4.78 is 26.4. The molecule has 1 fully saturated rings. The van der Waals surface area contributed by atoms with Crippen LogP contribution in [0.4, 0.5) is 0 Å². The molecule has 7 heteroatoms. The summed E-state index contributed by atoms with van der Waals surface area (Å²) in [5, 5.41) is 9.56. The summed E-state index contributed by atoms with van der Waals surface area (Å²) >= 11 is 5.83. The van der Waals surface area contributed by atoms with E-state index < -0.39 is 21.9 Å². The summed E-state index contributed by atoms with van der Waals surface area (Å²) in [4.78, 5) is 11.3. The lowest BCUT2D eigenvalue weighted by atomic mass is 9.99. The van der Waals surface area contributed by atoms with Crippen molar-refractivity contribution in [3.8, 4) is 0 Å². The lowest BCUT2D eigenvalue weighted by Gasteiger charge is -2.17. The summed E-state index contributed by atoms with van der Waals surface area (Å²) in [6, 6.07) is 4.57. The predicted octanol–water partition coefficient (Wildman–Crippen LogP) is 1.99. The van der Waals surface area contributed by atoms with Gasteiger partial charge in [-0.25, -0.2) is 8.42 Å². The lowest BCUT2D eigenvalue weighted by molar-refractivity contribution is -0.142. The number of nitrogens with zero attached hydrogens (tertiary/aromatic N) is 1. The van der Waals surface area contributed by atoms with E-state index in [0.29, 0.717) is 10.6 Å². The van der Waals surface area contributed by atoms with Crippen LogP contribution in [0.3, 0.4) is 0 Å². The van der Waals surface area contributed by atoms with Gasteiger partial charge in [-0.05, 0) is 36.6 Å². The fourth-order valence-corrected chi connectivity index (χ4v) is 4.48. The predicted molar refractivity (Wildman–Crippen MR) is 75.2 cm³/mol. The molecule has 1 aromatic rings. The number of aryl methyl sites for hydroxylation is 1. The molecule has 2 unspecified atom stereocenters. The van der Waals surface area contributed by atoms with Crippen LogP contribution in [0.25, 0.3) is 0 Å². The molecule has 0 bridgehead atoms. The second-order valence-electron chi connectivity index (χ2n) is 5.15. The van der Waals surface area contributed by atoms with E-state index in [1.165, 1.54) is 16.4 Å². The molecule has 2 atom stereocenters. The quantitative estimate of drug-likeness (QED) is 0.925. The van der Waals surface area contributed by atoms with Gasteiger partial charge < -0.3 is 5.11 Å². The Morgan fingerprint density at radius 2 is 2.05 bits per heavy atom. The van der Waals surface area contributed by atoms with Crippen molar-refractivity contribution in [1.29, 1.82) is 0 Å². The van der Waals surface area contributed by atoms with Crippen molar-refractivity contribution in [3.63, 3.8) is 0 Å². The van der Waals surface area contributed by atoms with Crippen LogP contribution in [0.5, 0.6) is 0 Å². The molecule has 1 aromatic carbocycles. The number of carboxylic acid groups (broad SMARTS) is 1. The van der Waals surface area contributed by atoms with Gasteiger partial charge in [0.2, 0.25) is 10.0 Å². The summed E-state index contributed by atoms with van der Waals surface area (Å²) in [5.41, 5.74) is 0.559. The number of aliphatic carboxylic acids is 1. The maximum atomic E-state index is 12.6. The Morgan fingerprint density at radius 1 is 1.40 bits per heavy atom.